The predicted octanol–water partition coefficient (Wildman–Crippen LogP) is 4.13. The van der Waals surface area contributed by atoms with Gasteiger partial charge in [0.2, 0.25) is 5.91 Å². The average molecular weight is 424 g/mol. The minimum Gasteiger partial charge on any atom is -0.496 e. The van der Waals surface area contributed by atoms with Crippen LogP contribution < -0.4 is 14.8 Å². The molecule has 1 saturated heterocycles. The molecule has 0 unspecified atom stereocenters. The smallest absolute Gasteiger partial charge is 0.236 e. The van der Waals surface area contributed by atoms with E-state index in [4.69, 9.17) is 32.7 Å². The molecular weight excluding hydrogens is 409 g/mol. The van der Waals surface area contributed by atoms with Crippen LogP contribution in [0.15, 0.2) is 46.6 Å². The summed E-state index contributed by atoms with van der Waals surface area (Å²) in [5, 5.41) is 12.1. The number of nitrogens with one attached hydrogen (secondary N) is 1. The van der Waals surface area contributed by atoms with Crippen LogP contribution in [0, 0.1) is 0 Å². The van der Waals surface area contributed by atoms with Crippen LogP contribution in [0.1, 0.15) is 11.1 Å². The molecule has 0 atom stereocenters. The molecule has 1 heterocycles. The zero-order valence-electron chi connectivity index (χ0n) is 14.2. The molecular formula is C18H15Cl2N3O3S. The van der Waals surface area contributed by atoms with Gasteiger partial charge in [-0.25, -0.2) is 0 Å². The van der Waals surface area contributed by atoms with Crippen LogP contribution in [0.25, 0.3) is 0 Å². The molecule has 0 spiro atoms. The molecule has 0 saturated carbocycles. The third-order valence-electron chi connectivity index (χ3n) is 3.52. The van der Waals surface area contributed by atoms with Crippen molar-refractivity contribution in [1.82, 2.24) is 5.32 Å². The Balaban J connectivity index is 1.72. The SMILES string of the molecule is COc1ccc(C=NN=C2NC(=O)CS2)cc1COc1ccc(Cl)cc1Cl. The molecule has 2 aromatic rings. The summed E-state index contributed by atoms with van der Waals surface area (Å²) in [7, 11) is 1.59. The van der Waals surface area contributed by atoms with E-state index in [0.717, 1.165) is 11.1 Å². The summed E-state index contributed by atoms with van der Waals surface area (Å²) in [4.78, 5) is 11.1. The van der Waals surface area contributed by atoms with Gasteiger partial charge in [0.05, 0.1) is 24.1 Å². The van der Waals surface area contributed by atoms with E-state index in [2.05, 4.69) is 15.5 Å². The van der Waals surface area contributed by atoms with Crippen molar-refractivity contribution in [3.63, 3.8) is 0 Å². The molecule has 0 bridgehead atoms. The first-order chi connectivity index (χ1) is 13.0. The number of methoxy groups -OCH3 is 1. The number of amidine groups is 1. The van der Waals surface area contributed by atoms with Gasteiger partial charge < -0.3 is 14.8 Å². The molecule has 1 N–H and O–H groups in total. The van der Waals surface area contributed by atoms with E-state index in [1.807, 2.05) is 18.2 Å². The van der Waals surface area contributed by atoms with Gasteiger partial charge in [-0.2, -0.15) is 5.10 Å². The summed E-state index contributed by atoms with van der Waals surface area (Å²) in [5.74, 6) is 1.51. The number of hydrogen-bond donors (Lipinski definition) is 1. The van der Waals surface area contributed by atoms with Gasteiger partial charge in [-0.15, -0.1) is 5.10 Å². The van der Waals surface area contributed by atoms with Crippen molar-refractivity contribution in [2.45, 2.75) is 6.61 Å². The number of carbonyl (C=O) groups is 1. The molecule has 1 aliphatic rings. The monoisotopic (exact) mass is 423 g/mol. The summed E-state index contributed by atoms with van der Waals surface area (Å²) in [6.07, 6.45) is 1.59. The minimum atomic E-state index is -0.0707. The molecule has 0 radical (unpaired) electrons. The van der Waals surface area contributed by atoms with E-state index in [-0.39, 0.29) is 12.5 Å². The van der Waals surface area contributed by atoms with Gasteiger partial charge in [0, 0.05) is 10.6 Å². The lowest BCUT2D eigenvalue weighted by atomic mass is 10.1. The van der Waals surface area contributed by atoms with E-state index in [0.29, 0.717) is 32.5 Å². The van der Waals surface area contributed by atoms with Crippen LogP contribution in [0.4, 0.5) is 0 Å². The Hall–Kier alpha value is -2.22. The second kappa shape index (κ2) is 9.12. The normalized spacial score (nSPS) is 15.4. The van der Waals surface area contributed by atoms with Crippen LogP contribution in [0.3, 0.4) is 0 Å². The van der Waals surface area contributed by atoms with E-state index >= 15 is 0 Å². The third-order valence-corrected chi connectivity index (χ3v) is 4.92. The van der Waals surface area contributed by atoms with Crippen LogP contribution in [-0.2, 0) is 11.4 Å². The second-order valence-electron chi connectivity index (χ2n) is 5.42. The molecule has 1 amide bonds. The Bertz CT molecular complexity index is 919. The maximum atomic E-state index is 11.1. The van der Waals surface area contributed by atoms with Crippen molar-refractivity contribution in [2.24, 2.45) is 10.2 Å². The van der Waals surface area contributed by atoms with Gasteiger partial charge in [0.1, 0.15) is 18.1 Å². The average Bonchev–Trinajstić information content (AvgIpc) is 3.06. The Morgan fingerprint density at radius 1 is 1.22 bits per heavy atom. The number of thioether (sulfide) groups is 1. The number of carbonyl (C=O) groups excluding carboxylic acids is 1. The number of hydrogen-bond acceptors (Lipinski definition) is 6. The summed E-state index contributed by atoms with van der Waals surface area (Å²) in [5.41, 5.74) is 1.64. The van der Waals surface area contributed by atoms with Gasteiger partial charge in [-0.05, 0) is 42.0 Å². The molecule has 2 aromatic carbocycles. The Labute approximate surface area is 170 Å². The predicted molar refractivity (Wildman–Crippen MR) is 109 cm³/mol. The fourth-order valence-electron chi connectivity index (χ4n) is 2.27. The molecule has 3 rings (SSSR count). The van der Waals surface area contributed by atoms with Crippen molar-refractivity contribution in [3.8, 4) is 11.5 Å². The first kappa shape index (κ1) is 19.5. The first-order valence-corrected chi connectivity index (χ1v) is 9.58. The molecule has 0 aromatic heterocycles. The van der Waals surface area contributed by atoms with Crippen LogP contribution in [0.5, 0.6) is 11.5 Å². The Morgan fingerprint density at radius 2 is 2.04 bits per heavy atom. The fraction of sp³-hybridized carbons (Fsp3) is 0.167. The molecule has 140 valence electrons. The third kappa shape index (κ3) is 5.38. The van der Waals surface area contributed by atoms with E-state index in [9.17, 15) is 4.79 Å². The maximum absolute atomic E-state index is 11.1. The number of amides is 1. The number of nitrogens with zero attached hydrogens (tertiary/aromatic N) is 2. The maximum Gasteiger partial charge on any atom is 0.236 e. The van der Waals surface area contributed by atoms with Crippen LogP contribution in [-0.4, -0.2) is 30.2 Å². The van der Waals surface area contributed by atoms with E-state index in [1.165, 1.54) is 11.8 Å². The first-order valence-electron chi connectivity index (χ1n) is 7.83. The van der Waals surface area contributed by atoms with Crippen molar-refractivity contribution in [1.29, 1.82) is 0 Å². The van der Waals surface area contributed by atoms with Crippen LogP contribution in [0.2, 0.25) is 10.0 Å². The molecule has 6 nitrogen and oxygen atoms in total. The van der Waals surface area contributed by atoms with E-state index in [1.54, 1.807) is 31.5 Å². The second-order valence-corrected chi connectivity index (χ2v) is 7.23. The number of ether oxygens (including phenoxy) is 2. The summed E-state index contributed by atoms with van der Waals surface area (Å²) < 4.78 is 11.2. The van der Waals surface area contributed by atoms with Crippen molar-refractivity contribution in [3.05, 3.63) is 57.6 Å². The molecule has 9 heteroatoms. The summed E-state index contributed by atoms with van der Waals surface area (Å²) in [6, 6.07) is 10.6. The number of benzene rings is 2. The highest BCUT2D eigenvalue weighted by molar-refractivity contribution is 8.15. The topological polar surface area (TPSA) is 72.3 Å². The quantitative estimate of drug-likeness (QED) is 0.559. The van der Waals surface area contributed by atoms with Crippen molar-refractivity contribution >= 4 is 52.3 Å². The van der Waals surface area contributed by atoms with Gasteiger partial charge >= 0.3 is 0 Å². The molecule has 1 fully saturated rings. The lowest BCUT2D eigenvalue weighted by molar-refractivity contribution is -0.116. The standard InChI is InChI=1S/C18H15Cl2N3O3S/c1-25-15-4-2-11(8-21-23-18-22-17(24)10-27-18)6-12(15)9-26-16-5-3-13(19)7-14(16)20/h2-8H,9-10H2,1H3,(H,22,23,24). The zero-order valence-corrected chi connectivity index (χ0v) is 16.6. The largest absolute Gasteiger partial charge is 0.496 e. The summed E-state index contributed by atoms with van der Waals surface area (Å²) in [6.45, 7) is 0.257. The highest BCUT2D eigenvalue weighted by Crippen LogP contribution is 2.29. The minimum absolute atomic E-state index is 0.0707. The number of rotatable bonds is 6. The molecule has 27 heavy (non-hydrogen) atoms. The fourth-order valence-corrected chi connectivity index (χ4v) is 3.36. The van der Waals surface area contributed by atoms with Gasteiger partial charge in [-0.1, -0.05) is 35.0 Å². The lowest BCUT2D eigenvalue weighted by Crippen LogP contribution is -2.19. The zero-order chi connectivity index (χ0) is 19.2. The van der Waals surface area contributed by atoms with Gasteiger partial charge in [0.15, 0.2) is 5.17 Å². The van der Waals surface area contributed by atoms with Crippen molar-refractivity contribution < 1.29 is 14.3 Å². The molecule has 0 aliphatic carbocycles. The Kier molecular flexibility index (Phi) is 6.60. The van der Waals surface area contributed by atoms with Gasteiger partial charge in [0.25, 0.3) is 0 Å². The Morgan fingerprint density at radius 3 is 2.74 bits per heavy atom. The van der Waals surface area contributed by atoms with Gasteiger partial charge in [-0.3, -0.25) is 4.79 Å². The van der Waals surface area contributed by atoms with Crippen LogP contribution >= 0.6 is 35.0 Å². The lowest BCUT2D eigenvalue weighted by Gasteiger charge is -2.12. The summed E-state index contributed by atoms with van der Waals surface area (Å²) >= 11 is 13.3. The number of halogens is 2. The molecule has 1 aliphatic heterocycles. The van der Waals surface area contributed by atoms with Crippen molar-refractivity contribution in [2.75, 3.05) is 12.9 Å². The highest BCUT2D eigenvalue weighted by atomic mass is 35.5. The highest BCUT2D eigenvalue weighted by Gasteiger charge is 2.16. The van der Waals surface area contributed by atoms with E-state index < -0.39 is 0 Å².